The Hall–Kier alpha value is -0.460. The molecule has 0 aliphatic rings. The number of carbonyl (C=O) groups is 1. The second-order valence-electron chi connectivity index (χ2n) is 2.21. The van der Waals surface area contributed by atoms with Crippen molar-refractivity contribution in [2.45, 2.75) is 12.5 Å². The van der Waals surface area contributed by atoms with Crippen LogP contribution in [0.15, 0.2) is 9.98 Å². The van der Waals surface area contributed by atoms with Gasteiger partial charge in [-0.25, -0.2) is 4.98 Å². The molecular formula is C6H7BrN2O2S. The molecule has 66 valence electrons. The monoisotopic (exact) mass is 250 g/mol. The van der Waals surface area contributed by atoms with Crippen LogP contribution in [0.4, 0.5) is 0 Å². The second kappa shape index (κ2) is 3.97. The van der Waals surface area contributed by atoms with Gasteiger partial charge in [0.25, 0.3) is 0 Å². The molecule has 0 aliphatic heterocycles. The van der Waals surface area contributed by atoms with E-state index in [9.17, 15) is 4.79 Å². The number of hydrogen-bond acceptors (Lipinski definition) is 4. The minimum absolute atomic E-state index is 0.0834. The number of halogens is 1. The molecule has 0 aliphatic carbocycles. The SMILES string of the molecule is NC(CC(=O)O)c1ncc(Br)s1. The van der Waals surface area contributed by atoms with E-state index in [0.717, 1.165) is 3.79 Å². The van der Waals surface area contributed by atoms with Gasteiger partial charge in [0, 0.05) is 0 Å². The number of aromatic nitrogens is 1. The van der Waals surface area contributed by atoms with Crippen molar-refractivity contribution in [3.8, 4) is 0 Å². The summed E-state index contributed by atoms with van der Waals surface area (Å²) in [4.78, 5) is 14.2. The molecule has 1 atom stereocenters. The fraction of sp³-hybridized carbons (Fsp3) is 0.333. The molecule has 1 aromatic rings. The lowest BCUT2D eigenvalue weighted by atomic mass is 10.2. The molecule has 0 radical (unpaired) electrons. The molecule has 0 fully saturated rings. The van der Waals surface area contributed by atoms with Crippen molar-refractivity contribution < 1.29 is 9.90 Å². The summed E-state index contributed by atoms with van der Waals surface area (Å²) in [7, 11) is 0. The fourth-order valence-electron chi connectivity index (χ4n) is 0.714. The van der Waals surface area contributed by atoms with Crippen molar-refractivity contribution in [3.63, 3.8) is 0 Å². The number of aliphatic carboxylic acids is 1. The van der Waals surface area contributed by atoms with Crippen LogP contribution in [0.3, 0.4) is 0 Å². The van der Waals surface area contributed by atoms with Crippen LogP contribution in [-0.2, 0) is 4.79 Å². The van der Waals surface area contributed by atoms with E-state index in [1.54, 1.807) is 6.20 Å². The van der Waals surface area contributed by atoms with Crippen molar-refractivity contribution in [1.82, 2.24) is 4.98 Å². The molecule has 0 bridgehead atoms. The Balaban J connectivity index is 2.64. The van der Waals surface area contributed by atoms with Gasteiger partial charge in [-0.05, 0) is 15.9 Å². The molecule has 0 saturated heterocycles. The highest BCUT2D eigenvalue weighted by molar-refractivity contribution is 9.11. The predicted octanol–water partition coefficient (Wildman–Crippen LogP) is 1.38. The largest absolute Gasteiger partial charge is 0.481 e. The zero-order valence-corrected chi connectivity index (χ0v) is 8.43. The van der Waals surface area contributed by atoms with Crippen LogP contribution in [0.2, 0.25) is 0 Å². The van der Waals surface area contributed by atoms with E-state index < -0.39 is 12.0 Å². The third-order valence-corrected chi connectivity index (χ3v) is 2.82. The average Bonchev–Trinajstić information content (AvgIpc) is 2.34. The van der Waals surface area contributed by atoms with E-state index in [2.05, 4.69) is 20.9 Å². The van der Waals surface area contributed by atoms with Crippen molar-refractivity contribution in [2.75, 3.05) is 0 Å². The maximum absolute atomic E-state index is 10.3. The van der Waals surface area contributed by atoms with E-state index >= 15 is 0 Å². The van der Waals surface area contributed by atoms with Crippen LogP contribution in [0.25, 0.3) is 0 Å². The lowest BCUT2D eigenvalue weighted by molar-refractivity contribution is -0.137. The molecule has 12 heavy (non-hydrogen) atoms. The van der Waals surface area contributed by atoms with Gasteiger partial charge in [-0.1, -0.05) is 0 Å². The molecule has 1 unspecified atom stereocenters. The first kappa shape index (κ1) is 9.63. The minimum atomic E-state index is -0.908. The van der Waals surface area contributed by atoms with Crippen molar-refractivity contribution in [3.05, 3.63) is 15.0 Å². The molecular weight excluding hydrogens is 244 g/mol. The number of thiazole rings is 1. The molecule has 6 heteroatoms. The first-order valence-electron chi connectivity index (χ1n) is 3.18. The number of nitrogens with zero attached hydrogens (tertiary/aromatic N) is 1. The summed E-state index contributed by atoms with van der Waals surface area (Å²) >= 11 is 4.57. The Bertz CT molecular complexity index is 289. The van der Waals surface area contributed by atoms with Crippen molar-refractivity contribution in [2.24, 2.45) is 5.73 Å². The van der Waals surface area contributed by atoms with Gasteiger partial charge < -0.3 is 10.8 Å². The Labute approximate surface area is 81.5 Å². The van der Waals surface area contributed by atoms with Crippen molar-refractivity contribution >= 4 is 33.2 Å². The van der Waals surface area contributed by atoms with E-state index in [1.165, 1.54) is 11.3 Å². The van der Waals surface area contributed by atoms with E-state index in [4.69, 9.17) is 10.8 Å². The first-order chi connectivity index (χ1) is 5.59. The number of carboxylic acids is 1. The summed E-state index contributed by atoms with van der Waals surface area (Å²) in [6, 6.07) is -0.501. The Morgan fingerprint density at radius 3 is 3.00 bits per heavy atom. The minimum Gasteiger partial charge on any atom is -0.481 e. The Morgan fingerprint density at radius 2 is 2.58 bits per heavy atom. The number of nitrogens with two attached hydrogens (primary N) is 1. The van der Waals surface area contributed by atoms with Crippen LogP contribution in [0.5, 0.6) is 0 Å². The summed E-state index contributed by atoms with van der Waals surface area (Å²) in [6.07, 6.45) is 1.53. The van der Waals surface area contributed by atoms with Gasteiger partial charge in [-0.15, -0.1) is 11.3 Å². The highest BCUT2D eigenvalue weighted by atomic mass is 79.9. The first-order valence-corrected chi connectivity index (χ1v) is 4.79. The average molecular weight is 251 g/mol. The highest BCUT2D eigenvalue weighted by Gasteiger charge is 2.13. The lowest BCUT2D eigenvalue weighted by Gasteiger charge is -2.02. The lowest BCUT2D eigenvalue weighted by Crippen LogP contribution is -2.14. The third kappa shape index (κ3) is 2.54. The van der Waals surface area contributed by atoms with Crippen LogP contribution in [-0.4, -0.2) is 16.1 Å². The van der Waals surface area contributed by atoms with Gasteiger partial charge in [0.05, 0.1) is 22.4 Å². The molecule has 0 amide bonds. The summed E-state index contributed by atoms with van der Waals surface area (Å²) in [5.41, 5.74) is 5.56. The molecule has 3 N–H and O–H groups in total. The maximum atomic E-state index is 10.3. The van der Waals surface area contributed by atoms with Gasteiger partial charge in [-0.3, -0.25) is 4.79 Å². The van der Waals surface area contributed by atoms with E-state index in [1.807, 2.05) is 0 Å². The van der Waals surface area contributed by atoms with Gasteiger partial charge in [0.15, 0.2) is 0 Å². The smallest absolute Gasteiger partial charge is 0.305 e. The van der Waals surface area contributed by atoms with E-state index in [-0.39, 0.29) is 6.42 Å². The van der Waals surface area contributed by atoms with Gasteiger partial charge in [0.2, 0.25) is 0 Å². The Morgan fingerprint density at radius 1 is 1.92 bits per heavy atom. The van der Waals surface area contributed by atoms with Gasteiger partial charge in [-0.2, -0.15) is 0 Å². The molecule has 1 aromatic heterocycles. The zero-order valence-electron chi connectivity index (χ0n) is 6.03. The van der Waals surface area contributed by atoms with Crippen LogP contribution in [0.1, 0.15) is 17.5 Å². The normalized spacial score (nSPS) is 12.8. The second-order valence-corrected chi connectivity index (χ2v) is 4.65. The summed E-state index contributed by atoms with van der Waals surface area (Å²) in [5, 5.41) is 9.08. The molecule has 4 nitrogen and oxygen atoms in total. The van der Waals surface area contributed by atoms with Crippen molar-refractivity contribution in [1.29, 1.82) is 0 Å². The fourth-order valence-corrected chi connectivity index (χ4v) is 1.96. The molecule has 0 aromatic carbocycles. The highest BCUT2D eigenvalue weighted by Crippen LogP contribution is 2.24. The molecule has 1 heterocycles. The van der Waals surface area contributed by atoms with Crippen LogP contribution < -0.4 is 5.73 Å². The van der Waals surface area contributed by atoms with Gasteiger partial charge in [0.1, 0.15) is 5.01 Å². The van der Waals surface area contributed by atoms with Gasteiger partial charge >= 0.3 is 5.97 Å². The van der Waals surface area contributed by atoms with E-state index in [0.29, 0.717) is 5.01 Å². The standard InChI is InChI=1S/C6H7BrN2O2S/c7-4-2-9-6(12-4)3(8)1-5(10)11/h2-3H,1,8H2,(H,10,11). The van der Waals surface area contributed by atoms with Crippen LogP contribution >= 0.6 is 27.3 Å². The molecule has 0 saturated carbocycles. The van der Waals surface area contributed by atoms with Crippen LogP contribution in [0, 0.1) is 0 Å². The molecule has 1 rings (SSSR count). The number of rotatable bonds is 3. The summed E-state index contributed by atoms with van der Waals surface area (Å²) in [6.45, 7) is 0. The quantitative estimate of drug-likeness (QED) is 0.850. The maximum Gasteiger partial charge on any atom is 0.305 e. The number of hydrogen-bond donors (Lipinski definition) is 2. The molecule has 0 spiro atoms. The topological polar surface area (TPSA) is 76.2 Å². The summed E-state index contributed by atoms with van der Waals surface area (Å²) in [5.74, 6) is -0.908. The number of carboxylic acid groups (broad SMARTS) is 1. The predicted molar refractivity (Wildman–Crippen MR) is 49.0 cm³/mol. The third-order valence-electron chi connectivity index (χ3n) is 1.21. The summed E-state index contributed by atoms with van der Waals surface area (Å²) < 4.78 is 0.860. The Kier molecular flexibility index (Phi) is 3.19. The zero-order chi connectivity index (χ0) is 9.14.